The van der Waals surface area contributed by atoms with E-state index in [2.05, 4.69) is 95.9 Å². The van der Waals surface area contributed by atoms with Crippen LogP contribution in [0.25, 0.3) is 11.1 Å². The molecule has 0 atom stereocenters. The zero-order valence-corrected chi connectivity index (χ0v) is 22.1. The lowest BCUT2D eigenvalue weighted by Crippen LogP contribution is -1.90. The van der Waals surface area contributed by atoms with E-state index in [0.717, 1.165) is 21.6 Å². The van der Waals surface area contributed by atoms with Gasteiger partial charge in [-0.1, -0.05) is 132 Å². The number of rotatable bonds is 4. The maximum absolute atomic E-state index is 4.46. The molecule has 0 amide bonds. The minimum atomic E-state index is 0.968. The summed E-state index contributed by atoms with van der Waals surface area (Å²) in [5, 5.41) is 0. The van der Waals surface area contributed by atoms with Crippen molar-refractivity contribution in [2.24, 2.45) is 0 Å². The summed E-state index contributed by atoms with van der Waals surface area (Å²) in [6, 6.07) is 24.7. The lowest BCUT2D eigenvalue weighted by atomic mass is 9.96. The molecule has 0 spiro atoms. The van der Waals surface area contributed by atoms with Crippen LogP contribution in [0.15, 0.2) is 90.8 Å². The molecule has 0 saturated carbocycles. The molecular formula is C31H42S. The van der Waals surface area contributed by atoms with E-state index in [1.54, 1.807) is 0 Å². The van der Waals surface area contributed by atoms with Crippen molar-refractivity contribution in [1.29, 1.82) is 0 Å². The van der Waals surface area contributed by atoms with E-state index in [9.17, 15) is 0 Å². The van der Waals surface area contributed by atoms with E-state index < -0.39 is 0 Å². The average Bonchev–Trinajstić information content (AvgIpc) is 2.81. The SMILES string of the molecule is C=C(C)c1ccc(C)cc1.C=C(c1ccccc1C)c1ccccc1S.CC.CCCC. The summed E-state index contributed by atoms with van der Waals surface area (Å²) in [5.41, 5.74) is 8.20. The van der Waals surface area contributed by atoms with Gasteiger partial charge in [-0.3, -0.25) is 0 Å². The fourth-order valence-electron chi connectivity index (χ4n) is 2.62. The van der Waals surface area contributed by atoms with Crippen LogP contribution in [0.2, 0.25) is 0 Å². The van der Waals surface area contributed by atoms with Gasteiger partial charge >= 0.3 is 0 Å². The molecule has 0 aliphatic heterocycles. The van der Waals surface area contributed by atoms with Crippen molar-refractivity contribution in [1.82, 2.24) is 0 Å². The molecule has 0 aromatic heterocycles. The number of benzene rings is 3. The van der Waals surface area contributed by atoms with E-state index in [1.807, 2.05) is 51.1 Å². The van der Waals surface area contributed by atoms with Crippen LogP contribution in [0.3, 0.4) is 0 Å². The van der Waals surface area contributed by atoms with E-state index in [1.165, 1.54) is 35.1 Å². The van der Waals surface area contributed by atoms with Crippen LogP contribution in [0.4, 0.5) is 0 Å². The van der Waals surface area contributed by atoms with Gasteiger partial charge < -0.3 is 0 Å². The minimum Gasteiger partial charge on any atom is -0.143 e. The number of allylic oxidation sites excluding steroid dienone is 1. The Morgan fingerprint density at radius 1 is 0.719 bits per heavy atom. The van der Waals surface area contributed by atoms with Gasteiger partial charge in [-0.15, -0.1) is 12.6 Å². The molecule has 0 heterocycles. The van der Waals surface area contributed by atoms with Crippen LogP contribution in [0.1, 0.15) is 75.3 Å². The molecule has 3 aromatic rings. The van der Waals surface area contributed by atoms with Gasteiger partial charge in [0.25, 0.3) is 0 Å². The summed E-state index contributed by atoms with van der Waals surface area (Å²) < 4.78 is 0. The molecule has 0 N–H and O–H groups in total. The molecule has 0 aliphatic rings. The molecule has 172 valence electrons. The van der Waals surface area contributed by atoms with Gasteiger partial charge in [-0.05, 0) is 54.7 Å². The summed E-state index contributed by atoms with van der Waals surface area (Å²) in [6.45, 7) is 22.6. The molecule has 0 unspecified atom stereocenters. The Labute approximate surface area is 203 Å². The normalized spacial score (nSPS) is 9.12. The molecule has 3 rings (SSSR count). The Kier molecular flexibility index (Phi) is 15.8. The Morgan fingerprint density at radius 3 is 1.62 bits per heavy atom. The Hall–Kier alpha value is -2.51. The van der Waals surface area contributed by atoms with Gasteiger partial charge in [-0.2, -0.15) is 0 Å². The standard InChI is InChI=1S/C15H14S.C10H12.C4H10.C2H6/c1-11-7-3-4-8-13(11)12(2)14-9-5-6-10-15(14)16;1-8(2)10-6-4-9(3)5-7-10;1-3-4-2;1-2/h3-10,16H,2H2,1H3;4-7H,1H2,2-3H3;3-4H2,1-2H3;1-2H3. The van der Waals surface area contributed by atoms with Crippen LogP contribution in [-0.2, 0) is 0 Å². The maximum Gasteiger partial charge on any atom is 0.0119 e. The molecule has 0 aliphatic carbocycles. The number of thiol groups is 1. The van der Waals surface area contributed by atoms with E-state index in [-0.39, 0.29) is 0 Å². The highest BCUT2D eigenvalue weighted by Crippen LogP contribution is 2.28. The van der Waals surface area contributed by atoms with Crippen molar-refractivity contribution in [3.05, 3.63) is 114 Å². The molecular weight excluding hydrogens is 404 g/mol. The first kappa shape index (κ1) is 29.5. The predicted octanol–water partition coefficient (Wildman–Crippen LogP) is 10.2. The largest absolute Gasteiger partial charge is 0.143 e. The first-order valence-corrected chi connectivity index (χ1v) is 12.0. The highest BCUT2D eigenvalue weighted by atomic mass is 32.1. The van der Waals surface area contributed by atoms with Crippen molar-refractivity contribution in [2.75, 3.05) is 0 Å². The molecule has 0 nitrogen and oxygen atoms in total. The zero-order valence-electron chi connectivity index (χ0n) is 21.2. The molecule has 0 fully saturated rings. The third-order valence-corrected chi connectivity index (χ3v) is 5.13. The monoisotopic (exact) mass is 446 g/mol. The van der Waals surface area contributed by atoms with Gasteiger partial charge in [-0.25, -0.2) is 0 Å². The lowest BCUT2D eigenvalue weighted by Gasteiger charge is -2.11. The van der Waals surface area contributed by atoms with Gasteiger partial charge in [0.1, 0.15) is 0 Å². The second-order valence-electron chi connectivity index (χ2n) is 7.46. The van der Waals surface area contributed by atoms with Crippen LogP contribution in [-0.4, -0.2) is 0 Å². The number of unbranched alkanes of at least 4 members (excludes halogenated alkanes) is 1. The van der Waals surface area contributed by atoms with E-state index in [4.69, 9.17) is 0 Å². The van der Waals surface area contributed by atoms with Crippen molar-refractivity contribution in [3.8, 4) is 0 Å². The second-order valence-corrected chi connectivity index (χ2v) is 7.94. The average molecular weight is 447 g/mol. The quantitative estimate of drug-likeness (QED) is 0.379. The lowest BCUT2D eigenvalue weighted by molar-refractivity contribution is 0.886. The van der Waals surface area contributed by atoms with Crippen molar-refractivity contribution in [2.45, 2.75) is 66.2 Å². The van der Waals surface area contributed by atoms with E-state index >= 15 is 0 Å². The fraction of sp³-hybridized carbons (Fsp3) is 0.290. The summed E-state index contributed by atoms with van der Waals surface area (Å²) in [6.07, 6.45) is 2.64. The Morgan fingerprint density at radius 2 is 1.19 bits per heavy atom. The third-order valence-electron chi connectivity index (χ3n) is 4.74. The predicted molar refractivity (Wildman–Crippen MR) is 151 cm³/mol. The molecule has 32 heavy (non-hydrogen) atoms. The summed E-state index contributed by atoms with van der Waals surface area (Å²) in [4.78, 5) is 0.968. The Bertz CT molecular complexity index is 883. The van der Waals surface area contributed by atoms with E-state index in [0.29, 0.717) is 0 Å². The molecule has 3 aromatic carbocycles. The number of hydrogen-bond acceptors (Lipinski definition) is 1. The van der Waals surface area contributed by atoms with Gasteiger partial charge in [0.05, 0.1) is 0 Å². The van der Waals surface area contributed by atoms with Crippen LogP contribution >= 0.6 is 12.6 Å². The zero-order chi connectivity index (χ0) is 24.5. The number of aryl methyl sites for hydroxylation is 2. The minimum absolute atomic E-state index is 0.968. The highest BCUT2D eigenvalue weighted by molar-refractivity contribution is 7.80. The van der Waals surface area contributed by atoms with Crippen LogP contribution in [0, 0.1) is 13.8 Å². The van der Waals surface area contributed by atoms with Crippen molar-refractivity contribution in [3.63, 3.8) is 0 Å². The highest BCUT2D eigenvalue weighted by Gasteiger charge is 2.06. The third kappa shape index (κ3) is 10.7. The fourth-order valence-corrected chi connectivity index (χ4v) is 2.92. The molecule has 0 bridgehead atoms. The first-order chi connectivity index (χ1) is 15.3. The second kappa shape index (κ2) is 17.1. The van der Waals surface area contributed by atoms with Gasteiger partial charge in [0, 0.05) is 4.90 Å². The maximum atomic E-state index is 4.46. The summed E-state index contributed by atoms with van der Waals surface area (Å²) in [7, 11) is 0. The summed E-state index contributed by atoms with van der Waals surface area (Å²) in [5.74, 6) is 0. The van der Waals surface area contributed by atoms with Crippen LogP contribution < -0.4 is 0 Å². The van der Waals surface area contributed by atoms with Crippen LogP contribution in [0.5, 0.6) is 0 Å². The molecule has 1 heteroatoms. The summed E-state index contributed by atoms with van der Waals surface area (Å²) >= 11 is 4.46. The number of hydrogen-bond donors (Lipinski definition) is 1. The van der Waals surface area contributed by atoms with Crippen molar-refractivity contribution < 1.29 is 0 Å². The molecule has 0 radical (unpaired) electrons. The Balaban J connectivity index is 0.000000514. The van der Waals surface area contributed by atoms with Gasteiger partial charge in [0.2, 0.25) is 0 Å². The smallest absolute Gasteiger partial charge is 0.0119 e. The first-order valence-electron chi connectivity index (χ1n) is 11.6. The topological polar surface area (TPSA) is 0 Å². The van der Waals surface area contributed by atoms with Gasteiger partial charge in [0.15, 0.2) is 0 Å². The molecule has 0 saturated heterocycles. The van der Waals surface area contributed by atoms with Crippen molar-refractivity contribution >= 4 is 23.8 Å².